The van der Waals surface area contributed by atoms with Crippen LogP contribution in [0.25, 0.3) is 0 Å². The van der Waals surface area contributed by atoms with Gasteiger partial charge in [0.05, 0.1) is 5.69 Å². The van der Waals surface area contributed by atoms with Gasteiger partial charge in [0, 0.05) is 44.5 Å². The lowest BCUT2D eigenvalue weighted by molar-refractivity contribution is -0.133. The van der Waals surface area contributed by atoms with Gasteiger partial charge in [-0.1, -0.05) is 6.07 Å². The fourth-order valence-electron chi connectivity index (χ4n) is 3.52. The van der Waals surface area contributed by atoms with Crippen molar-refractivity contribution in [1.29, 1.82) is 0 Å². The highest BCUT2D eigenvalue weighted by Crippen LogP contribution is 2.22. The maximum Gasteiger partial charge on any atom is 0.244 e. The zero-order valence-electron chi connectivity index (χ0n) is 16.3. The lowest BCUT2D eigenvalue weighted by Crippen LogP contribution is -2.40. The second kappa shape index (κ2) is 9.34. The third kappa shape index (κ3) is 5.55. The number of hydrogen-bond donors (Lipinski definition) is 2. The summed E-state index contributed by atoms with van der Waals surface area (Å²) in [7, 11) is 0. The quantitative estimate of drug-likeness (QED) is 0.752. The van der Waals surface area contributed by atoms with Crippen LogP contribution < -0.4 is 11.1 Å². The predicted molar refractivity (Wildman–Crippen MR) is 106 cm³/mol. The molecule has 1 aliphatic heterocycles. The molecule has 3 heterocycles. The molecule has 0 unspecified atom stereocenters. The van der Waals surface area contributed by atoms with Gasteiger partial charge in [-0.3, -0.25) is 14.6 Å². The van der Waals surface area contributed by atoms with Crippen molar-refractivity contribution in [2.45, 2.75) is 45.7 Å². The van der Waals surface area contributed by atoms with Gasteiger partial charge in [0.15, 0.2) is 0 Å². The normalized spacial score (nSPS) is 14.8. The van der Waals surface area contributed by atoms with E-state index in [-0.39, 0.29) is 18.4 Å². The minimum atomic E-state index is 0.0439. The fourth-order valence-corrected chi connectivity index (χ4v) is 3.52. The molecule has 0 spiro atoms. The summed E-state index contributed by atoms with van der Waals surface area (Å²) in [6, 6.07) is 5.56. The van der Waals surface area contributed by atoms with Crippen molar-refractivity contribution in [3.05, 3.63) is 41.9 Å². The van der Waals surface area contributed by atoms with E-state index in [1.54, 1.807) is 23.1 Å². The van der Waals surface area contributed by atoms with Crippen molar-refractivity contribution in [1.82, 2.24) is 25.0 Å². The number of pyridine rings is 1. The van der Waals surface area contributed by atoms with Crippen LogP contribution in [-0.2, 0) is 22.7 Å². The first-order valence-electron chi connectivity index (χ1n) is 9.74. The molecule has 0 aromatic carbocycles. The maximum absolute atomic E-state index is 12.5. The minimum Gasteiger partial charge on any atom is -0.384 e. The molecule has 2 amide bonds. The average Bonchev–Trinajstić information content (AvgIpc) is 3.02. The van der Waals surface area contributed by atoms with E-state index in [9.17, 15) is 9.59 Å². The first kappa shape index (κ1) is 19.9. The number of hydrogen-bond acceptors (Lipinski definition) is 5. The first-order valence-corrected chi connectivity index (χ1v) is 9.74. The summed E-state index contributed by atoms with van der Waals surface area (Å²) in [5, 5.41) is 7.18. The smallest absolute Gasteiger partial charge is 0.244 e. The van der Waals surface area contributed by atoms with Crippen molar-refractivity contribution in [2.75, 3.05) is 18.8 Å². The minimum absolute atomic E-state index is 0.0439. The van der Waals surface area contributed by atoms with E-state index in [0.717, 1.165) is 43.6 Å². The molecule has 2 aromatic rings. The predicted octanol–water partition coefficient (Wildman–Crippen LogP) is 1.50. The summed E-state index contributed by atoms with van der Waals surface area (Å²) in [4.78, 5) is 30.4. The summed E-state index contributed by atoms with van der Waals surface area (Å²) in [6.07, 6.45) is 6.69. The van der Waals surface area contributed by atoms with Crippen LogP contribution >= 0.6 is 0 Å². The summed E-state index contributed by atoms with van der Waals surface area (Å²) in [5.41, 5.74) is 7.67. The number of nitrogens with two attached hydrogens (primary N) is 1. The first-order chi connectivity index (χ1) is 13.5. The highest BCUT2D eigenvalue weighted by atomic mass is 16.2. The van der Waals surface area contributed by atoms with Gasteiger partial charge >= 0.3 is 0 Å². The Kier molecular flexibility index (Phi) is 6.62. The van der Waals surface area contributed by atoms with Crippen molar-refractivity contribution in [3.8, 4) is 0 Å². The third-order valence-electron chi connectivity index (χ3n) is 5.18. The molecule has 0 saturated carbocycles. The summed E-state index contributed by atoms with van der Waals surface area (Å²) in [5.74, 6) is 1.09. The van der Waals surface area contributed by atoms with Crippen LogP contribution in [0.5, 0.6) is 0 Å². The molecule has 28 heavy (non-hydrogen) atoms. The van der Waals surface area contributed by atoms with Crippen LogP contribution in [0.1, 0.15) is 36.9 Å². The molecule has 0 aliphatic carbocycles. The molecule has 150 valence electrons. The molecular weight excluding hydrogens is 356 g/mol. The molecule has 0 radical (unpaired) electrons. The van der Waals surface area contributed by atoms with Gasteiger partial charge in [0.2, 0.25) is 11.8 Å². The third-order valence-corrected chi connectivity index (χ3v) is 5.18. The number of carbonyl (C=O) groups is 2. The van der Waals surface area contributed by atoms with Gasteiger partial charge in [0.1, 0.15) is 12.4 Å². The van der Waals surface area contributed by atoms with E-state index in [4.69, 9.17) is 5.73 Å². The maximum atomic E-state index is 12.5. The van der Waals surface area contributed by atoms with E-state index >= 15 is 0 Å². The van der Waals surface area contributed by atoms with Crippen molar-refractivity contribution in [2.24, 2.45) is 5.92 Å². The highest BCUT2D eigenvalue weighted by Gasteiger charge is 2.23. The topological polar surface area (TPSA) is 106 Å². The molecule has 2 aromatic heterocycles. The molecular formula is C20H28N6O2. The van der Waals surface area contributed by atoms with Crippen molar-refractivity contribution < 1.29 is 9.59 Å². The molecule has 3 rings (SSSR count). The molecule has 8 heteroatoms. The number of carbonyl (C=O) groups excluding carboxylic acids is 2. The summed E-state index contributed by atoms with van der Waals surface area (Å²) < 4.78 is 1.55. The van der Waals surface area contributed by atoms with E-state index in [2.05, 4.69) is 15.4 Å². The Bertz CT molecular complexity index is 796. The van der Waals surface area contributed by atoms with Gasteiger partial charge in [-0.25, -0.2) is 4.68 Å². The Morgan fingerprint density at radius 2 is 2.11 bits per heavy atom. The largest absolute Gasteiger partial charge is 0.384 e. The highest BCUT2D eigenvalue weighted by molar-refractivity contribution is 5.76. The molecule has 1 fully saturated rings. The van der Waals surface area contributed by atoms with Crippen LogP contribution in [-0.4, -0.2) is 44.6 Å². The monoisotopic (exact) mass is 384 g/mol. The van der Waals surface area contributed by atoms with Gasteiger partial charge < -0.3 is 16.0 Å². The van der Waals surface area contributed by atoms with Crippen molar-refractivity contribution >= 4 is 17.6 Å². The van der Waals surface area contributed by atoms with E-state index < -0.39 is 0 Å². The van der Waals surface area contributed by atoms with Crippen LogP contribution in [0.15, 0.2) is 30.6 Å². The van der Waals surface area contributed by atoms with Crippen LogP contribution in [0.3, 0.4) is 0 Å². The zero-order chi connectivity index (χ0) is 19.9. The number of amides is 2. The second-order valence-corrected chi connectivity index (χ2v) is 7.37. The lowest BCUT2D eigenvalue weighted by atomic mass is 9.92. The van der Waals surface area contributed by atoms with Gasteiger partial charge in [0.25, 0.3) is 0 Å². The molecule has 3 N–H and O–H groups in total. The number of nitrogens with zero attached hydrogens (tertiary/aromatic N) is 4. The second-order valence-electron chi connectivity index (χ2n) is 7.37. The number of piperidine rings is 1. The average molecular weight is 384 g/mol. The fraction of sp³-hybridized carbons (Fsp3) is 0.500. The number of aromatic nitrogens is 3. The molecule has 8 nitrogen and oxygen atoms in total. The molecule has 1 saturated heterocycles. The lowest BCUT2D eigenvalue weighted by Gasteiger charge is -2.32. The Labute approximate surface area is 165 Å². The SMILES string of the molecule is Cc1cc(N)n(CC(=O)N2CCC(CCC(=O)NCc3cccnc3)CC2)n1. The van der Waals surface area contributed by atoms with Gasteiger partial charge in [-0.2, -0.15) is 5.10 Å². The van der Waals surface area contributed by atoms with Gasteiger partial charge in [-0.05, 0) is 43.7 Å². The Morgan fingerprint density at radius 1 is 1.32 bits per heavy atom. The molecule has 0 atom stereocenters. The number of nitrogens with one attached hydrogen (secondary N) is 1. The zero-order valence-corrected chi connectivity index (χ0v) is 16.3. The van der Waals surface area contributed by atoms with E-state index in [1.165, 1.54) is 0 Å². The molecule has 0 bridgehead atoms. The summed E-state index contributed by atoms with van der Waals surface area (Å²) >= 11 is 0. The number of rotatable bonds is 7. The van der Waals surface area contributed by atoms with Crippen LogP contribution in [0.2, 0.25) is 0 Å². The van der Waals surface area contributed by atoms with Crippen molar-refractivity contribution in [3.63, 3.8) is 0 Å². The number of likely N-dealkylation sites (tertiary alicyclic amines) is 1. The number of anilines is 1. The van der Waals surface area contributed by atoms with Crippen LogP contribution in [0.4, 0.5) is 5.82 Å². The van der Waals surface area contributed by atoms with E-state index in [1.807, 2.05) is 24.0 Å². The Balaban J connectivity index is 1.35. The Morgan fingerprint density at radius 3 is 2.75 bits per heavy atom. The van der Waals surface area contributed by atoms with E-state index in [0.29, 0.717) is 24.7 Å². The number of nitrogen functional groups attached to an aromatic ring is 1. The summed E-state index contributed by atoms with van der Waals surface area (Å²) in [6.45, 7) is 3.99. The standard InChI is InChI=1S/C20H28N6O2/c1-15-11-18(21)26(24-15)14-20(28)25-9-6-16(7-10-25)4-5-19(27)23-13-17-3-2-8-22-12-17/h2-3,8,11-12,16H,4-7,9-10,13-14,21H2,1H3,(H,23,27). The molecule has 1 aliphatic rings. The van der Waals surface area contributed by atoms with Gasteiger partial charge in [-0.15, -0.1) is 0 Å². The van der Waals surface area contributed by atoms with Crippen LogP contribution in [0, 0.1) is 12.8 Å². The number of aryl methyl sites for hydroxylation is 1. The Hall–Kier alpha value is -2.90.